The standard InChI is InChI=1S/C14H11Cl2FO/c1-14(18,9-2-5-11(17)6-3-9)10-4-7-12(15)13(16)8-10/h2-8,18H,1H3. The highest BCUT2D eigenvalue weighted by Gasteiger charge is 2.26. The van der Waals surface area contributed by atoms with Gasteiger partial charge < -0.3 is 5.11 Å². The lowest BCUT2D eigenvalue weighted by atomic mass is 9.88. The molecule has 1 unspecified atom stereocenters. The van der Waals surface area contributed by atoms with Gasteiger partial charge in [0.05, 0.1) is 10.0 Å². The first-order valence-electron chi connectivity index (χ1n) is 5.35. The molecular formula is C14H11Cl2FO. The maximum absolute atomic E-state index is 12.9. The Morgan fingerprint density at radius 3 is 2.06 bits per heavy atom. The molecule has 0 aliphatic carbocycles. The van der Waals surface area contributed by atoms with Crippen molar-refractivity contribution < 1.29 is 9.50 Å². The van der Waals surface area contributed by atoms with Gasteiger partial charge in [0.25, 0.3) is 0 Å². The molecule has 0 amide bonds. The molecule has 0 saturated heterocycles. The molecule has 0 aromatic heterocycles. The second-order valence-corrected chi connectivity index (χ2v) is 5.02. The topological polar surface area (TPSA) is 20.2 Å². The minimum Gasteiger partial charge on any atom is -0.381 e. The lowest BCUT2D eigenvalue weighted by Crippen LogP contribution is -2.22. The molecule has 0 heterocycles. The molecule has 0 spiro atoms. The third-order valence-corrected chi connectivity index (χ3v) is 3.63. The summed E-state index contributed by atoms with van der Waals surface area (Å²) in [6.45, 7) is 1.62. The minimum atomic E-state index is -1.25. The van der Waals surface area contributed by atoms with Crippen LogP contribution in [0.3, 0.4) is 0 Å². The summed E-state index contributed by atoms with van der Waals surface area (Å²) < 4.78 is 12.9. The zero-order valence-corrected chi connectivity index (χ0v) is 11.1. The fourth-order valence-corrected chi connectivity index (χ4v) is 2.04. The van der Waals surface area contributed by atoms with E-state index in [9.17, 15) is 9.50 Å². The number of hydrogen-bond donors (Lipinski definition) is 1. The van der Waals surface area contributed by atoms with E-state index < -0.39 is 5.60 Å². The van der Waals surface area contributed by atoms with Gasteiger partial charge in [-0.3, -0.25) is 0 Å². The maximum atomic E-state index is 12.9. The van der Waals surface area contributed by atoms with Gasteiger partial charge in [0.1, 0.15) is 11.4 Å². The summed E-state index contributed by atoms with van der Waals surface area (Å²) in [6, 6.07) is 10.6. The van der Waals surface area contributed by atoms with Crippen LogP contribution < -0.4 is 0 Å². The quantitative estimate of drug-likeness (QED) is 0.867. The molecule has 0 radical (unpaired) electrons. The second-order valence-electron chi connectivity index (χ2n) is 4.21. The Labute approximate surface area is 115 Å². The van der Waals surface area contributed by atoms with Crippen LogP contribution in [0.1, 0.15) is 18.1 Å². The third kappa shape index (κ3) is 2.51. The lowest BCUT2D eigenvalue weighted by molar-refractivity contribution is 0.102. The summed E-state index contributed by atoms with van der Waals surface area (Å²) in [6.07, 6.45) is 0. The third-order valence-electron chi connectivity index (χ3n) is 2.89. The number of halogens is 3. The lowest BCUT2D eigenvalue weighted by Gasteiger charge is -2.24. The maximum Gasteiger partial charge on any atom is 0.123 e. The van der Waals surface area contributed by atoms with Crippen LogP contribution in [0.2, 0.25) is 10.0 Å². The van der Waals surface area contributed by atoms with Gasteiger partial charge in [0.2, 0.25) is 0 Å². The molecule has 0 bridgehead atoms. The van der Waals surface area contributed by atoms with E-state index in [1.54, 1.807) is 25.1 Å². The molecule has 2 aromatic carbocycles. The van der Waals surface area contributed by atoms with Gasteiger partial charge in [-0.2, -0.15) is 0 Å². The summed E-state index contributed by atoms with van der Waals surface area (Å²) in [5.41, 5.74) is -0.0622. The Hall–Kier alpha value is -1.09. The minimum absolute atomic E-state index is 0.344. The molecule has 2 aromatic rings. The average molecular weight is 285 g/mol. The van der Waals surface area contributed by atoms with E-state index in [1.165, 1.54) is 24.3 Å². The van der Waals surface area contributed by atoms with Crippen molar-refractivity contribution in [3.63, 3.8) is 0 Å². The molecule has 1 N–H and O–H groups in total. The molecule has 1 atom stereocenters. The van der Waals surface area contributed by atoms with Gasteiger partial charge in [-0.05, 0) is 42.3 Å². The van der Waals surface area contributed by atoms with Crippen molar-refractivity contribution in [1.29, 1.82) is 0 Å². The second kappa shape index (κ2) is 4.88. The highest BCUT2D eigenvalue weighted by Crippen LogP contribution is 2.33. The molecule has 1 nitrogen and oxygen atoms in total. The van der Waals surface area contributed by atoms with Crippen LogP contribution in [0.5, 0.6) is 0 Å². The van der Waals surface area contributed by atoms with Crippen molar-refractivity contribution in [2.45, 2.75) is 12.5 Å². The van der Waals surface area contributed by atoms with Gasteiger partial charge in [0, 0.05) is 0 Å². The molecule has 4 heteroatoms. The predicted molar refractivity (Wildman–Crippen MR) is 71.5 cm³/mol. The van der Waals surface area contributed by atoms with Gasteiger partial charge in [0.15, 0.2) is 0 Å². The summed E-state index contributed by atoms with van der Waals surface area (Å²) in [5, 5.41) is 11.3. The van der Waals surface area contributed by atoms with Crippen molar-refractivity contribution in [2.75, 3.05) is 0 Å². The van der Waals surface area contributed by atoms with Crippen LogP contribution >= 0.6 is 23.2 Å². The van der Waals surface area contributed by atoms with E-state index in [0.29, 0.717) is 21.2 Å². The molecule has 0 saturated carbocycles. The van der Waals surface area contributed by atoms with Gasteiger partial charge in [-0.25, -0.2) is 4.39 Å². The molecular weight excluding hydrogens is 274 g/mol. The van der Waals surface area contributed by atoms with E-state index in [1.807, 2.05) is 0 Å². The molecule has 2 rings (SSSR count). The zero-order valence-electron chi connectivity index (χ0n) is 9.62. The number of aliphatic hydroxyl groups is 1. The van der Waals surface area contributed by atoms with Crippen LogP contribution in [0.4, 0.5) is 4.39 Å². The van der Waals surface area contributed by atoms with E-state index in [-0.39, 0.29) is 5.82 Å². The predicted octanol–water partition coefficient (Wildman–Crippen LogP) is 4.39. The van der Waals surface area contributed by atoms with Crippen LogP contribution in [0, 0.1) is 5.82 Å². The number of rotatable bonds is 2. The summed E-state index contributed by atoms with van der Waals surface area (Å²) >= 11 is 11.8. The fourth-order valence-electron chi connectivity index (χ4n) is 1.74. The molecule has 0 aliphatic heterocycles. The monoisotopic (exact) mass is 284 g/mol. The number of benzene rings is 2. The van der Waals surface area contributed by atoms with E-state index in [0.717, 1.165) is 0 Å². The average Bonchev–Trinajstić information content (AvgIpc) is 2.33. The smallest absolute Gasteiger partial charge is 0.123 e. The normalized spacial score (nSPS) is 14.3. The molecule has 94 valence electrons. The van der Waals surface area contributed by atoms with Crippen LogP contribution in [0.25, 0.3) is 0 Å². The largest absolute Gasteiger partial charge is 0.381 e. The van der Waals surface area contributed by atoms with Crippen LogP contribution in [-0.4, -0.2) is 5.11 Å². The van der Waals surface area contributed by atoms with Crippen LogP contribution in [0.15, 0.2) is 42.5 Å². The van der Waals surface area contributed by atoms with Crippen molar-refractivity contribution in [2.24, 2.45) is 0 Å². The van der Waals surface area contributed by atoms with E-state index >= 15 is 0 Å². The SMILES string of the molecule is CC(O)(c1ccc(F)cc1)c1ccc(Cl)c(Cl)c1. The van der Waals surface area contributed by atoms with E-state index in [2.05, 4.69) is 0 Å². The summed E-state index contributed by atoms with van der Waals surface area (Å²) in [7, 11) is 0. The van der Waals surface area contributed by atoms with E-state index in [4.69, 9.17) is 23.2 Å². The first-order chi connectivity index (χ1) is 8.41. The van der Waals surface area contributed by atoms with Crippen molar-refractivity contribution in [3.8, 4) is 0 Å². The van der Waals surface area contributed by atoms with Crippen LogP contribution in [-0.2, 0) is 5.60 Å². The Morgan fingerprint density at radius 2 is 1.50 bits per heavy atom. The van der Waals surface area contributed by atoms with Crippen molar-refractivity contribution in [3.05, 3.63) is 69.5 Å². The van der Waals surface area contributed by atoms with Crippen molar-refractivity contribution >= 4 is 23.2 Å². The summed E-state index contributed by atoms with van der Waals surface area (Å²) in [4.78, 5) is 0. The van der Waals surface area contributed by atoms with Gasteiger partial charge in [-0.15, -0.1) is 0 Å². The Kier molecular flexibility index (Phi) is 3.62. The Morgan fingerprint density at radius 1 is 0.944 bits per heavy atom. The summed E-state index contributed by atoms with van der Waals surface area (Å²) in [5.74, 6) is -0.344. The highest BCUT2D eigenvalue weighted by atomic mass is 35.5. The Balaban J connectivity index is 2.46. The van der Waals surface area contributed by atoms with Gasteiger partial charge in [-0.1, -0.05) is 41.4 Å². The van der Waals surface area contributed by atoms with Crippen molar-refractivity contribution in [1.82, 2.24) is 0 Å². The van der Waals surface area contributed by atoms with Gasteiger partial charge >= 0.3 is 0 Å². The molecule has 0 fully saturated rings. The first kappa shape index (κ1) is 13.3. The molecule has 0 aliphatic rings. The first-order valence-corrected chi connectivity index (χ1v) is 6.11. The molecule has 18 heavy (non-hydrogen) atoms. The number of hydrogen-bond acceptors (Lipinski definition) is 1. The highest BCUT2D eigenvalue weighted by molar-refractivity contribution is 6.42. The zero-order chi connectivity index (χ0) is 13.3. The Bertz CT molecular complexity index is 565. The fraction of sp³-hybridized carbons (Fsp3) is 0.143.